The highest BCUT2D eigenvalue weighted by Gasteiger charge is 2.24. The van der Waals surface area contributed by atoms with Gasteiger partial charge in [-0.2, -0.15) is 0 Å². The van der Waals surface area contributed by atoms with Crippen LogP contribution in [-0.4, -0.2) is 51.9 Å². The summed E-state index contributed by atoms with van der Waals surface area (Å²) in [6.07, 6.45) is 3.46. The van der Waals surface area contributed by atoms with Crippen LogP contribution in [-0.2, 0) is 0 Å². The smallest absolute Gasteiger partial charge is 0.253 e. The number of carbonyl (C=O) groups is 1. The molecule has 0 unspecified atom stereocenters. The number of nitrogens with zero attached hydrogens (tertiary/aromatic N) is 4. The Balaban J connectivity index is 1.48. The summed E-state index contributed by atoms with van der Waals surface area (Å²) in [5, 5.41) is 1.02. The molecule has 3 aromatic rings. The van der Waals surface area contributed by atoms with Crippen LogP contribution in [0, 0.1) is 6.92 Å². The second-order valence-electron chi connectivity index (χ2n) is 6.08. The molecule has 1 fully saturated rings. The number of hydrogen-bond acceptors (Lipinski definition) is 4. The lowest BCUT2D eigenvalue weighted by molar-refractivity contribution is 0.0746. The van der Waals surface area contributed by atoms with E-state index in [0.29, 0.717) is 13.1 Å². The Hall–Kier alpha value is -2.89. The summed E-state index contributed by atoms with van der Waals surface area (Å²) in [6, 6.07) is 9.75. The number of piperazine rings is 1. The van der Waals surface area contributed by atoms with Crippen LogP contribution in [0.3, 0.4) is 0 Å². The average molecular weight is 321 g/mol. The Morgan fingerprint density at radius 1 is 1.04 bits per heavy atom. The number of aryl methyl sites for hydroxylation is 1. The molecule has 6 heteroatoms. The molecule has 0 atom stereocenters. The SMILES string of the molecule is Cc1ccc(C(=O)N2CCN(c3ncnc4[nH]ccc34)CC2)cc1. The highest BCUT2D eigenvalue weighted by molar-refractivity contribution is 5.94. The van der Waals surface area contributed by atoms with Gasteiger partial charge in [-0.25, -0.2) is 9.97 Å². The largest absolute Gasteiger partial charge is 0.352 e. The van der Waals surface area contributed by atoms with E-state index in [9.17, 15) is 4.79 Å². The Labute approximate surface area is 140 Å². The zero-order valence-electron chi connectivity index (χ0n) is 13.6. The van der Waals surface area contributed by atoms with Crippen molar-refractivity contribution in [2.45, 2.75) is 6.92 Å². The average Bonchev–Trinajstić information content (AvgIpc) is 3.11. The minimum atomic E-state index is 0.101. The van der Waals surface area contributed by atoms with Crippen LogP contribution >= 0.6 is 0 Å². The van der Waals surface area contributed by atoms with Crippen molar-refractivity contribution in [3.63, 3.8) is 0 Å². The van der Waals surface area contributed by atoms with E-state index in [1.54, 1.807) is 6.33 Å². The van der Waals surface area contributed by atoms with Gasteiger partial charge in [-0.05, 0) is 25.1 Å². The standard InChI is InChI=1S/C18H19N5O/c1-13-2-4-14(5-3-13)18(24)23-10-8-22(9-11-23)17-15-6-7-19-16(15)20-12-21-17/h2-7,12H,8-11H2,1H3,(H,19,20,21). The molecule has 6 nitrogen and oxygen atoms in total. The van der Waals surface area contributed by atoms with Crippen molar-refractivity contribution in [1.29, 1.82) is 0 Å². The maximum absolute atomic E-state index is 12.6. The summed E-state index contributed by atoms with van der Waals surface area (Å²) in [6.45, 7) is 4.96. The minimum Gasteiger partial charge on any atom is -0.352 e. The zero-order chi connectivity index (χ0) is 16.5. The number of benzene rings is 1. The number of aromatic amines is 1. The quantitative estimate of drug-likeness (QED) is 0.786. The molecule has 1 amide bonds. The molecule has 4 rings (SSSR count). The lowest BCUT2D eigenvalue weighted by Gasteiger charge is -2.35. The van der Waals surface area contributed by atoms with E-state index in [2.05, 4.69) is 19.9 Å². The van der Waals surface area contributed by atoms with Crippen LogP contribution in [0.4, 0.5) is 5.82 Å². The number of fused-ring (bicyclic) bond motifs is 1. The van der Waals surface area contributed by atoms with Crippen molar-refractivity contribution >= 4 is 22.8 Å². The molecule has 24 heavy (non-hydrogen) atoms. The van der Waals surface area contributed by atoms with Gasteiger partial charge in [-0.3, -0.25) is 4.79 Å². The summed E-state index contributed by atoms with van der Waals surface area (Å²) in [4.78, 5) is 28.5. The first kappa shape index (κ1) is 14.7. The highest BCUT2D eigenvalue weighted by atomic mass is 16.2. The van der Waals surface area contributed by atoms with Crippen LogP contribution in [0.15, 0.2) is 42.9 Å². The number of anilines is 1. The van der Waals surface area contributed by atoms with E-state index >= 15 is 0 Å². The van der Waals surface area contributed by atoms with Crippen molar-refractivity contribution in [3.8, 4) is 0 Å². The number of amides is 1. The van der Waals surface area contributed by atoms with Crippen LogP contribution in [0.1, 0.15) is 15.9 Å². The second-order valence-corrected chi connectivity index (χ2v) is 6.08. The molecule has 1 aliphatic heterocycles. The van der Waals surface area contributed by atoms with E-state index in [-0.39, 0.29) is 5.91 Å². The van der Waals surface area contributed by atoms with Gasteiger partial charge in [0.25, 0.3) is 5.91 Å². The number of H-pyrrole nitrogens is 1. The lowest BCUT2D eigenvalue weighted by Crippen LogP contribution is -2.49. The summed E-state index contributed by atoms with van der Waals surface area (Å²) >= 11 is 0. The normalized spacial score (nSPS) is 15.0. The minimum absolute atomic E-state index is 0.101. The molecule has 122 valence electrons. The van der Waals surface area contributed by atoms with E-state index in [0.717, 1.165) is 41.1 Å². The summed E-state index contributed by atoms with van der Waals surface area (Å²) < 4.78 is 0. The first-order valence-corrected chi connectivity index (χ1v) is 8.11. The first-order valence-electron chi connectivity index (χ1n) is 8.11. The Morgan fingerprint density at radius 3 is 2.54 bits per heavy atom. The highest BCUT2D eigenvalue weighted by Crippen LogP contribution is 2.23. The van der Waals surface area contributed by atoms with Gasteiger partial charge in [0.2, 0.25) is 0 Å². The Kier molecular flexibility index (Phi) is 3.65. The predicted octanol–water partition coefficient (Wildman–Crippen LogP) is 2.23. The molecule has 0 radical (unpaired) electrons. The van der Waals surface area contributed by atoms with Crippen LogP contribution in [0.25, 0.3) is 11.0 Å². The molecule has 3 heterocycles. The molecule has 1 aliphatic rings. The van der Waals surface area contributed by atoms with Gasteiger partial charge in [0.1, 0.15) is 17.8 Å². The molecule has 2 aromatic heterocycles. The molecule has 0 saturated carbocycles. The molecule has 1 N–H and O–H groups in total. The second kappa shape index (κ2) is 5.96. The van der Waals surface area contributed by atoms with Crippen LogP contribution in [0.2, 0.25) is 0 Å². The molecule has 1 aromatic carbocycles. The molecule has 0 bridgehead atoms. The van der Waals surface area contributed by atoms with Crippen LogP contribution < -0.4 is 4.90 Å². The van der Waals surface area contributed by atoms with E-state index < -0.39 is 0 Å². The Bertz CT molecular complexity index is 863. The predicted molar refractivity (Wildman–Crippen MR) is 93.2 cm³/mol. The van der Waals surface area contributed by atoms with Gasteiger partial charge in [-0.1, -0.05) is 17.7 Å². The number of carbonyl (C=O) groups excluding carboxylic acids is 1. The third-order valence-electron chi connectivity index (χ3n) is 4.50. The number of rotatable bonds is 2. The summed E-state index contributed by atoms with van der Waals surface area (Å²) in [5.41, 5.74) is 2.76. The molecule has 1 saturated heterocycles. The number of nitrogens with one attached hydrogen (secondary N) is 1. The van der Waals surface area contributed by atoms with Crippen molar-refractivity contribution in [3.05, 3.63) is 54.0 Å². The van der Waals surface area contributed by atoms with Gasteiger partial charge < -0.3 is 14.8 Å². The number of hydrogen-bond donors (Lipinski definition) is 1. The zero-order valence-corrected chi connectivity index (χ0v) is 13.6. The van der Waals surface area contributed by atoms with Gasteiger partial charge in [-0.15, -0.1) is 0 Å². The summed E-state index contributed by atoms with van der Waals surface area (Å²) in [5.74, 6) is 1.04. The molecule has 0 aliphatic carbocycles. The topological polar surface area (TPSA) is 65.1 Å². The van der Waals surface area contributed by atoms with E-state index in [4.69, 9.17) is 0 Å². The monoisotopic (exact) mass is 321 g/mol. The molecular formula is C18H19N5O. The fourth-order valence-corrected chi connectivity index (χ4v) is 3.11. The third kappa shape index (κ3) is 2.60. The lowest BCUT2D eigenvalue weighted by atomic mass is 10.1. The maximum Gasteiger partial charge on any atom is 0.253 e. The maximum atomic E-state index is 12.6. The van der Waals surface area contributed by atoms with Gasteiger partial charge in [0.15, 0.2) is 0 Å². The van der Waals surface area contributed by atoms with Crippen molar-refractivity contribution < 1.29 is 4.79 Å². The van der Waals surface area contributed by atoms with E-state index in [1.807, 2.05) is 48.4 Å². The summed E-state index contributed by atoms with van der Waals surface area (Å²) in [7, 11) is 0. The van der Waals surface area contributed by atoms with Gasteiger partial charge in [0, 0.05) is 37.9 Å². The van der Waals surface area contributed by atoms with E-state index in [1.165, 1.54) is 0 Å². The van der Waals surface area contributed by atoms with Gasteiger partial charge in [0.05, 0.1) is 5.39 Å². The molecule has 0 spiro atoms. The van der Waals surface area contributed by atoms with Crippen molar-refractivity contribution in [2.75, 3.05) is 31.1 Å². The third-order valence-corrected chi connectivity index (χ3v) is 4.50. The molecular weight excluding hydrogens is 302 g/mol. The van der Waals surface area contributed by atoms with Crippen molar-refractivity contribution in [2.24, 2.45) is 0 Å². The van der Waals surface area contributed by atoms with Crippen LogP contribution in [0.5, 0.6) is 0 Å². The fourth-order valence-electron chi connectivity index (χ4n) is 3.11. The van der Waals surface area contributed by atoms with Gasteiger partial charge >= 0.3 is 0 Å². The first-order chi connectivity index (χ1) is 11.7. The Morgan fingerprint density at radius 2 is 1.79 bits per heavy atom. The fraction of sp³-hybridized carbons (Fsp3) is 0.278. The number of aromatic nitrogens is 3. The van der Waals surface area contributed by atoms with Crippen molar-refractivity contribution in [1.82, 2.24) is 19.9 Å².